The molecule has 1 N–H and O–H groups in total. The molecule has 7 nitrogen and oxygen atoms in total. The van der Waals surface area contributed by atoms with E-state index in [4.69, 9.17) is 4.74 Å². The van der Waals surface area contributed by atoms with Gasteiger partial charge in [0.15, 0.2) is 0 Å². The minimum Gasteiger partial charge on any atom is -0.497 e. The van der Waals surface area contributed by atoms with Crippen molar-refractivity contribution in [2.45, 2.75) is 25.4 Å². The van der Waals surface area contributed by atoms with E-state index in [1.807, 2.05) is 24.3 Å². The molecule has 0 radical (unpaired) electrons. The molecule has 1 atom stereocenters. The van der Waals surface area contributed by atoms with Gasteiger partial charge in [0, 0.05) is 44.1 Å². The SMILES string of the molecule is COc1cccc(CC2(C(=O)N3CCC[C@H](O)C3)CN(C(=O)c3ccncc3)C2)c1. The van der Waals surface area contributed by atoms with Gasteiger partial charge < -0.3 is 19.6 Å². The largest absolute Gasteiger partial charge is 0.497 e. The van der Waals surface area contributed by atoms with E-state index in [1.54, 1.807) is 41.4 Å². The van der Waals surface area contributed by atoms with E-state index in [-0.39, 0.29) is 11.8 Å². The quantitative estimate of drug-likeness (QED) is 0.814. The number of benzene rings is 1. The number of ether oxygens (including phenoxy) is 1. The fourth-order valence-corrected chi connectivity index (χ4v) is 4.48. The Morgan fingerprint density at radius 2 is 1.97 bits per heavy atom. The van der Waals surface area contributed by atoms with E-state index >= 15 is 0 Å². The Morgan fingerprint density at radius 3 is 2.67 bits per heavy atom. The van der Waals surface area contributed by atoms with Crippen LogP contribution in [0.5, 0.6) is 5.75 Å². The van der Waals surface area contributed by atoms with Crippen LogP contribution in [0.3, 0.4) is 0 Å². The van der Waals surface area contributed by atoms with Crippen LogP contribution in [-0.2, 0) is 11.2 Å². The normalized spacial score (nSPS) is 20.4. The van der Waals surface area contributed by atoms with E-state index in [9.17, 15) is 14.7 Å². The minimum absolute atomic E-state index is 0.0165. The first-order valence-corrected chi connectivity index (χ1v) is 10.3. The van der Waals surface area contributed by atoms with Crippen LogP contribution in [0.15, 0.2) is 48.8 Å². The Balaban J connectivity index is 1.56. The number of aromatic nitrogens is 1. The van der Waals surface area contributed by atoms with E-state index in [0.29, 0.717) is 38.2 Å². The number of hydrogen-bond acceptors (Lipinski definition) is 5. The van der Waals surface area contributed by atoms with Crippen molar-refractivity contribution in [1.82, 2.24) is 14.8 Å². The van der Waals surface area contributed by atoms with Gasteiger partial charge in [-0.3, -0.25) is 14.6 Å². The first kappa shape index (κ1) is 20.3. The van der Waals surface area contributed by atoms with Gasteiger partial charge in [0.25, 0.3) is 5.91 Å². The maximum absolute atomic E-state index is 13.5. The summed E-state index contributed by atoms with van der Waals surface area (Å²) in [5.41, 5.74) is 0.878. The number of methoxy groups -OCH3 is 1. The third-order valence-corrected chi connectivity index (χ3v) is 6.02. The zero-order valence-electron chi connectivity index (χ0n) is 17.2. The predicted molar refractivity (Wildman–Crippen MR) is 111 cm³/mol. The van der Waals surface area contributed by atoms with Crippen molar-refractivity contribution in [2.24, 2.45) is 5.41 Å². The number of aliphatic hydroxyl groups is 1. The standard InChI is InChI=1S/C23H27N3O4/c1-30-20-6-2-4-17(12-20)13-23(22(29)25-11-3-5-19(27)14-25)15-26(16-23)21(28)18-7-9-24-10-8-18/h2,4,6-10,12,19,27H,3,5,11,13-16H2,1H3/t19-/m0/s1. The Morgan fingerprint density at radius 1 is 1.20 bits per heavy atom. The van der Waals surface area contributed by atoms with Gasteiger partial charge in [-0.25, -0.2) is 0 Å². The number of carbonyl (C=O) groups excluding carboxylic acids is 2. The summed E-state index contributed by atoms with van der Waals surface area (Å²) < 4.78 is 5.33. The summed E-state index contributed by atoms with van der Waals surface area (Å²) in [4.78, 5) is 33.8. The third-order valence-electron chi connectivity index (χ3n) is 6.02. The van der Waals surface area contributed by atoms with Crippen LogP contribution in [0.2, 0.25) is 0 Å². The number of hydrogen-bond donors (Lipinski definition) is 1. The second-order valence-corrected chi connectivity index (χ2v) is 8.25. The van der Waals surface area contributed by atoms with E-state index in [1.165, 1.54) is 0 Å². The second kappa shape index (κ2) is 8.44. The van der Waals surface area contributed by atoms with E-state index in [2.05, 4.69) is 4.98 Å². The average molecular weight is 409 g/mol. The lowest BCUT2D eigenvalue weighted by molar-refractivity contribution is -0.154. The molecular weight excluding hydrogens is 382 g/mol. The predicted octanol–water partition coefficient (Wildman–Crippen LogP) is 1.76. The molecule has 2 amide bonds. The van der Waals surface area contributed by atoms with Crippen LogP contribution in [0.25, 0.3) is 0 Å². The van der Waals surface area contributed by atoms with Gasteiger partial charge in [-0.05, 0) is 49.1 Å². The zero-order valence-corrected chi connectivity index (χ0v) is 17.2. The molecular formula is C23H27N3O4. The molecule has 0 bridgehead atoms. The zero-order chi connectivity index (χ0) is 21.1. The molecule has 3 heterocycles. The van der Waals surface area contributed by atoms with Crippen LogP contribution in [0, 0.1) is 5.41 Å². The van der Waals surface area contributed by atoms with Crippen LogP contribution < -0.4 is 4.74 Å². The lowest BCUT2D eigenvalue weighted by Crippen LogP contribution is -2.66. The lowest BCUT2D eigenvalue weighted by atomic mass is 9.72. The fraction of sp³-hybridized carbons (Fsp3) is 0.435. The third kappa shape index (κ3) is 4.03. The molecule has 2 aromatic rings. The van der Waals surface area contributed by atoms with Crippen molar-refractivity contribution in [3.8, 4) is 5.75 Å². The average Bonchev–Trinajstić information content (AvgIpc) is 2.76. The van der Waals surface area contributed by atoms with Crippen molar-refractivity contribution in [2.75, 3.05) is 33.3 Å². The molecule has 7 heteroatoms. The summed E-state index contributed by atoms with van der Waals surface area (Å²) in [6, 6.07) is 11.1. The van der Waals surface area contributed by atoms with Gasteiger partial charge >= 0.3 is 0 Å². The van der Waals surface area contributed by atoms with Gasteiger partial charge in [-0.2, -0.15) is 0 Å². The number of β-amino-alcohol motifs (C(OH)–C–C–N with tert-alkyl or cyclic N) is 1. The van der Waals surface area contributed by atoms with Gasteiger partial charge in [0.1, 0.15) is 5.75 Å². The van der Waals surface area contributed by atoms with Crippen molar-refractivity contribution in [1.29, 1.82) is 0 Å². The highest BCUT2D eigenvalue weighted by atomic mass is 16.5. The molecule has 2 aliphatic heterocycles. The van der Waals surface area contributed by atoms with Gasteiger partial charge in [0.05, 0.1) is 18.6 Å². The second-order valence-electron chi connectivity index (χ2n) is 8.25. The summed E-state index contributed by atoms with van der Waals surface area (Å²) >= 11 is 0. The number of pyridine rings is 1. The maximum atomic E-state index is 13.5. The molecule has 4 rings (SSSR count). The number of aliphatic hydroxyl groups excluding tert-OH is 1. The first-order valence-electron chi connectivity index (χ1n) is 10.3. The van der Waals surface area contributed by atoms with Crippen LogP contribution in [-0.4, -0.2) is 71.1 Å². The molecule has 158 valence electrons. The molecule has 0 saturated carbocycles. The van der Waals surface area contributed by atoms with Gasteiger partial charge in [-0.1, -0.05) is 12.1 Å². The van der Waals surface area contributed by atoms with Crippen molar-refractivity contribution in [3.63, 3.8) is 0 Å². The molecule has 30 heavy (non-hydrogen) atoms. The topological polar surface area (TPSA) is 83.0 Å². The van der Waals surface area contributed by atoms with Crippen molar-refractivity contribution < 1.29 is 19.4 Å². The summed E-state index contributed by atoms with van der Waals surface area (Å²) in [6.45, 7) is 1.72. The monoisotopic (exact) mass is 409 g/mol. The smallest absolute Gasteiger partial charge is 0.254 e. The Hall–Kier alpha value is -2.93. The lowest BCUT2D eigenvalue weighted by Gasteiger charge is -2.51. The summed E-state index contributed by atoms with van der Waals surface area (Å²) in [5.74, 6) is 0.667. The number of amides is 2. The Labute approximate surface area is 176 Å². The molecule has 2 fully saturated rings. The first-order chi connectivity index (χ1) is 14.5. The summed E-state index contributed by atoms with van der Waals surface area (Å²) in [7, 11) is 1.62. The Kier molecular flexibility index (Phi) is 5.72. The minimum atomic E-state index is -0.688. The molecule has 2 saturated heterocycles. The van der Waals surface area contributed by atoms with Crippen LogP contribution in [0.1, 0.15) is 28.8 Å². The van der Waals surface area contributed by atoms with Crippen LogP contribution in [0.4, 0.5) is 0 Å². The molecule has 0 aliphatic carbocycles. The number of nitrogens with zero attached hydrogens (tertiary/aromatic N) is 3. The van der Waals surface area contributed by atoms with Gasteiger partial charge in [-0.15, -0.1) is 0 Å². The molecule has 1 aromatic carbocycles. The molecule has 0 spiro atoms. The molecule has 2 aliphatic rings. The highest BCUT2D eigenvalue weighted by Gasteiger charge is 2.52. The van der Waals surface area contributed by atoms with Crippen LogP contribution >= 0.6 is 0 Å². The highest BCUT2D eigenvalue weighted by molar-refractivity contribution is 5.97. The maximum Gasteiger partial charge on any atom is 0.254 e. The fourth-order valence-electron chi connectivity index (χ4n) is 4.48. The summed E-state index contributed by atoms with van der Waals surface area (Å²) in [6.07, 6.45) is 4.75. The number of piperidine rings is 1. The molecule has 1 aromatic heterocycles. The Bertz CT molecular complexity index is 912. The number of likely N-dealkylation sites (tertiary alicyclic amines) is 2. The van der Waals surface area contributed by atoms with E-state index in [0.717, 1.165) is 24.2 Å². The number of rotatable bonds is 5. The summed E-state index contributed by atoms with van der Waals surface area (Å²) in [5, 5.41) is 10.1. The number of carbonyl (C=O) groups is 2. The highest BCUT2D eigenvalue weighted by Crippen LogP contribution is 2.38. The van der Waals surface area contributed by atoms with Crippen molar-refractivity contribution in [3.05, 3.63) is 59.9 Å². The molecule has 0 unspecified atom stereocenters. The van der Waals surface area contributed by atoms with Gasteiger partial charge in [0.2, 0.25) is 5.91 Å². The van der Waals surface area contributed by atoms with E-state index < -0.39 is 11.5 Å². The van der Waals surface area contributed by atoms with Crippen molar-refractivity contribution >= 4 is 11.8 Å².